The number of hydrogen-bond donors (Lipinski definition) is 5. The summed E-state index contributed by atoms with van der Waals surface area (Å²) in [5.41, 5.74) is 1.96. The Morgan fingerprint density at radius 3 is 2.13 bits per heavy atom. The summed E-state index contributed by atoms with van der Waals surface area (Å²) in [5, 5.41) is 47.1. The number of aliphatic hydroxyl groups excluding tert-OH is 5. The largest absolute Gasteiger partial charge is 0.394 e. The van der Waals surface area contributed by atoms with Gasteiger partial charge in [0, 0.05) is 4.47 Å². The third-order valence-corrected chi connectivity index (χ3v) is 4.30. The van der Waals surface area contributed by atoms with Crippen LogP contribution in [-0.4, -0.2) is 63.2 Å². The van der Waals surface area contributed by atoms with Crippen LogP contribution in [0.15, 0.2) is 22.7 Å². The first-order chi connectivity index (χ1) is 10.8. The molecular weight excluding hydrogens is 368 g/mol. The highest BCUT2D eigenvalue weighted by Crippen LogP contribution is 2.26. The van der Waals surface area contributed by atoms with E-state index in [1.807, 2.05) is 18.2 Å². The first kappa shape index (κ1) is 20.5. The summed E-state index contributed by atoms with van der Waals surface area (Å²) in [4.78, 5) is 0. The van der Waals surface area contributed by atoms with Gasteiger partial charge in [-0.15, -0.1) is 0 Å². The lowest BCUT2D eigenvalue weighted by Gasteiger charge is -2.29. The molecule has 0 amide bonds. The monoisotopic (exact) mass is 392 g/mol. The molecule has 0 aromatic heterocycles. The first-order valence-electron chi connectivity index (χ1n) is 7.47. The van der Waals surface area contributed by atoms with Crippen molar-refractivity contribution in [1.82, 2.24) is 0 Å². The number of ether oxygens (including phenoxy) is 1. The molecule has 6 nitrogen and oxygen atoms in total. The van der Waals surface area contributed by atoms with Crippen molar-refractivity contribution in [2.75, 3.05) is 13.2 Å². The summed E-state index contributed by atoms with van der Waals surface area (Å²) < 4.78 is 6.40. The molecule has 132 valence electrons. The maximum atomic E-state index is 9.91. The van der Waals surface area contributed by atoms with Crippen molar-refractivity contribution >= 4 is 15.9 Å². The molecule has 0 unspecified atom stereocenters. The second-order valence-electron chi connectivity index (χ2n) is 5.78. The van der Waals surface area contributed by atoms with Crippen molar-refractivity contribution in [2.45, 2.75) is 50.8 Å². The van der Waals surface area contributed by atoms with Crippen LogP contribution >= 0.6 is 15.9 Å². The van der Waals surface area contributed by atoms with Gasteiger partial charge in [0.15, 0.2) is 0 Å². The quantitative estimate of drug-likeness (QED) is 0.419. The van der Waals surface area contributed by atoms with Crippen LogP contribution in [0.4, 0.5) is 0 Å². The summed E-state index contributed by atoms with van der Waals surface area (Å²) >= 11 is 3.49. The molecule has 1 aromatic carbocycles. The van der Waals surface area contributed by atoms with Gasteiger partial charge in [0.25, 0.3) is 0 Å². The van der Waals surface area contributed by atoms with E-state index in [0.717, 1.165) is 15.6 Å². The van der Waals surface area contributed by atoms with E-state index in [9.17, 15) is 15.3 Å². The van der Waals surface area contributed by atoms with E-state index in [-0.39, 0.29) is 6.61 Å². The number of halogens is 1. The molecule has 1 rings (SSSR count). The maximum Gasteiger partial charge on any atom is 0.115 e. The van der Waals surface area contributed by atoms with Crippen molar-refractivity contribution in [3.05, 3.63) is 33.8 Å². The molecule has 23 heavy (non-hydrogen) atoms. The van der Waals surface area contributed by atoms with Crippen molar-refractivity contribution in [3.8, 4) is 0 Å². The van der Waals surface area contributed by atoms with Crippen LogP contribution in [0.3, 0.4) is 0 Å². The van der Waals surface area contributed by atoms with E-state index in [0.29, 0.717) is 5.92 Å². The zero-order valence-corrected chi connectivity index (χ0v) is 14.8. The molecule has 0 aliphatic heterocycles. The van der Waals surface area contributed by atoms with Crippen LogP contribution in [0.5, 0.6) is 0 Å². The fourth-order valence-corrected chi connectivity index (χ4v) is 3.07. The Kier molecular flexibility index (Phi) is 8.63. The molecular formula is C16H25BrO6. The molecule has 0 aliphatic rings. The van der Waals surface area contributed by atoms with E-state index in [2.05, 4.69) is 29.8 Å². The molecule has 5 N–H and O–H groups in total. The van der Waals surface area contributed by atoms with E-state index < -0.39 is 37.6 Å². The standard InChI is InChI=1S/C16H25BrO6/c1-9(2)11-4-3-10(5-12(11)17)8-23-16(14(21)7-19)15(22)13(20)6-18/h3-5,9,13-16,18-22H,6-8H2,1-2H3/t13-,14+,15+,16+/m0/s1. The first-order valence-corrected chi connectivity index (χ1v) is 8.26. The second-order valence-corrected chi connectivity index (χ2v) is 6.63. The van der Waals surface area contributed by atoms with Crippen LogP contribution in [0, 0.1) is 0 Å². The van der Waals surface area contributed by atoms with Crippen molar-refractivity contribution < 1.29 is 30.3 Å². The Balaban J connectivity index is 2.80. The highest BCUT2D eigenvalue weighted by atomic mass is 79.9. The maximum absolute atomic E-state index is 9.91. The van der Waals surface area contributed by atoms with Gasteiger partial charge in [0.2, 0.25) is 0 Å². The van der Waals surface area contributed by atoms with Gasteiger partial charge in [-0.25, -0.2) is 0 Å². The number of benzene rings is 1. The smallest absolute Gasteiger partial charge is 0.115 e. The third-order valence-electron chi connectivity index (χ3n) is 3.61. The molecule has 0 saturated carbocycles. The summed E-state index contributed by atoms with van der Waals surface area (Å²) in [7, 11) is 0. The average Bonchev–Trinajstić information content (AvgIpc) is 2.53. The van der Waals surface area contributed by atoms with E-state index in [1.54, 1.807) is 0 Å². The highest BCUT2D eigenvalue weighted by Gasteiger charge is 2.32. The zero-order valence-electron chi connectivity index (χ0n) is 13.3. The zero-order chi connectivity index (χ0) is 17.6. The van der Waals surface area contributed by atoms with E-state index in [1.165, 1.54) is 0 Å². The minimum Gasteiger partial charge on any atom is -0.394 e. The summed E-state index contributed by atoms with van der Waals surface area (Å²) in [6.07, 6.45) is -5.56. The van der Waals surface area contributed by atoms with Crippen LogP contribution in [0.2, 0.25) is 0 Å². The fourth-order valence-electron chi connectivity index (χ4n) is 2.19. The van der Waals surface area contributed by atoms with Gasteiger partial charge in [-0.05, 0) is 23.1 Å². The fraction of sp³-hybridized carbons (Fsp3) is 0.625. The molecule has 0 radical (unpaired) electrons. The van der Waals surface area contributed by atoms with E-state index in [4.69, 9.17) is 14.9 Å². The van der Waals surface area contributed by atoms with Gasteiger partial charge < -0.3 is 30.3 Å². The summed E-state index contributed by atoms with van der Waals surface area (Å²) in [6.45, 7) is 2.94. The minimum atomic E-state index is -1.51. The molecule has 7 heteroatoms. The predicted molar refractivity (Wildman–Crippen MR) is 89.0 cm³/mol. The molecule has 0 saturated heterocycles. The third kappa shape index (κ3) is 5.79. The van der Waals surface area contributed by atoms with Gasteiger partial charge in [-0.2, -0.15) is 0 Å². The van der Waals surface area contributed by atoms with Crippen LogP contribution in [-0.2, 0) is 11.3 Å². The number of aliphatic hydroxyl groups is 5. The van der Waals surface area contributed by atoms with Gasteiger partial charge in [0.05, 0.1) is 19.8 Å². The van der Waals surface area contributed by atoms with Gasteiger partial charge in [-0.3, -0.25) is 0 Å². The Morgan fingerprint density at radius 1 is 1.04 bits per heavy atom. The van der Waals surface area contributed by atoms with Crippen molar-refractivity contribution in [2.24, 2.45) is 0 Å². The SMILES string of the molecule is CC(C)c1ccc(CO[C@@H]([C@H](O)[C@@H](O)CO)[C@H](O)CO)cc1Br. The molecule has 0 aliphatic carbocycles. The summed E-state index contributed by atoms with van der Waals surface area (Å²) in [6, 6.07) is 5.72. The molecule has 0 spiro atoms. The second kappa shape index (κ2) is 9.68. The predicted octanol–water partition coefficient (Wildman–Crippen LogP) is 0.525. The van der Waals surface area contributed by atoms with Crippen LogP contribution in [0.25, 0.3) is 0 Å². The molecule has 0 bridgehead atoms. The topological polar surface area (TPSA) is 110 Å². The van der Waals surface area contributed by atoms with Crippen molar-refractivity contribution in [1.29, 1.82) is 0 Å². The van der Waals surface area contributed by atoms with Gasteiger partial charge >= 0.3 is 0 Å². The lowest BCUT2D eigenvalue weighted by Crippen LogP contribution is -2.48. The Hall–Kier alpha value is -0.540. The van der Waals surface area contributed by atoms with Crippen molar-refractivity contribution in [3.63, 3.8) is 0 Å². The van der Waals surface area contributed by atoms with Crippen LogP contribution < -0.4 is 0 Å². The number of rotatable bonds is 9. The average molecular weight is 393 g/mol. The molecule has 0 heterocycles. The Labute approximate surface area is 144 Å². The molecule has 4 atom stereocenters. The van der Waals surface area contributed by atoms with Crippen LogP contribution in [0.1, 0.15) is 30.9 Å². The Morgan fingerprint density at radius 2 is 1.65 bits per heavy atom. The van der Waals surface area contributed by atoms with E-state index >= 15 is 0 Å². The highest BCUT2D eigenvalue weighted by molar-refractivity contribution is 9.10. The lowest BCUT2D eigenvalue weighted by molar-refractivity contribution is -0.153. The minimum absolute atomic E-state index is 0.0773. The Bertz CT molecular complexity index is 482. The number of hydrogen-bond acceptors (Lipinski definition) is 6. The van der Waals surface area contributed by atoms with Gasteiger partial charge in [-0.1, -0.05) is 41.9 Å². The molecule has 0 fully saturated rings. The normalized spacial score (nSPS) is 17.1. The van der Waals surface area contributed by atoms with Gasteiger partial charge in [0.1, 0.15) is 24.4 Å². The lowest BCUT2D eigenvalue weighted by atomic mass is 10.0. The molecule has 1 aromatic rings. The summed E-state index contributed by atoms with van der Waals surface area (Å²) in [5.74, 6) is 0.366.